The minimum atomic E-state index is -0.775. The summed E-state index contributed by atoms with van der Waals surface area (Å²) in [4.78, 5) is 24.2. The van der Waals surface area contributed by atoms with Crippen LogP contribution in [-0.4, -0.2) is 39.4 Å². The van der Waals surface area contributed by atoms with E-state index in [2.05, 4.69) is 10.6 Å². The van der Waals surface area contributed by atoms with Crippen LogP contribution in [0.5, 0.6) is 11.5 Å². The summed E-state index contributed by atoms with van der Waals surface area (Å²) in [5.41, 5.74) is 1.76. The van der Waals surface area contributed by atoms with Gasteiger partial charge in [0.2, 0.25) is 0 Å². The monoisotopic (exact) mass is 372 g/mol. The van der Waals surface area contributed by atoms with E-state index in [1.165, 1.54) is 7.11 Å². The van der Waals surface area contributed by atoms with Crippen molar-refractivity contribution in [2.75, 3.05) is 21.3 Å². The number of rotatable bonds is 8. The van der Waals surface area contributed by atoms with Crippen LogP contribution in [0.4, 0.5) is 4.79 Å². The molecule has 0 saturated heterocycles. The third-order valence-electron chi connectivity index (χ3n) is 3.97. The van der Waals surface area contributed by atoms with Gasteiger partial charge < -0.3 is 24.8 Å². The number of urea groups is 1. The number of carbonyl (C=O) groups is 2. The number of benzene rings is 2. The number of hydrogen-bond donors (Lipinski definition) is 2. The summed E-state index contributed by atoms with van der Waals surface area (Å²) < 4.78 is 15.2. The van der Waals surface area contributed by atoms with Crippen molar-refractivity contribution in [2.24, 2.45) is 0 Å². The van der Waals surface area contributed by atoms with Gasteiger partial charge in [0.25, 0.3) is 0 Å². The second kappa shape index (κ2) is 10.1. The quantitative estimate of drug-likeness (QED) is 0.695. The first-order chi connectivity index (χ1) is 13.1. The Morgan fingerprint density at radius 2 is 1.63 bits per heavy atom. The van der Waals surface area contributed by atoms with E-state index in [0.717, 1.165) is 11.1 Å². The van der Waals surface area contributed by atoms with Crippen molar-refractivity contribution < 1.29 is 23.8 Å². The van der Waals surface area contributed by atoms with Crippen LogP contribution in [-0.2, 0) is 22.5 Å². The molecule has 2 N–H and O–H groups in total. The molecule has 0 aliphatic rings. The highest BCUT2D eigenvalue weighted by molar-refractivity contribution is 5.83. The molecule has 0 heterocycles. The van der Waals surface area contributed by atoms with Crippen LogP contribution in [0.2, 0.25) is 0 Å². The lowest BCUT2D eigenvalue weighted by molar-refractivity contribution is -0.142. The van der Waals surface area contributed by atoms with Crippen LogP contribution < -0.4 is 20.1 Å². The van der Waals surface area contributed by atoms with E-state index in [1.54, 1.807) is 26.4 Å². The van der Waals surface area contributed by atoms with E-state index < -0.39 is 18.0 Å². The molecule has 2 aromatic carbocycles. The van der Waals surface area contributed by atoms with Crippen molar-refractivity contribution in [3.63, 3.8) is 0 Å². The van der Waals surface area contributed by atoms with Crippen LogP contribution in [0.3, 0.4) is 0 Å². The second-order valence-electron chi connectivity index (χ2n) is 5.78. The Kier molecular flexibility index (Phi) is 7.49. The highest BCUT2D eigenvalue weighted by atomic mass is 16.5. The van der Waals surface area contributed by atoms with Gasteiger partial charge in [0.1, 0.15) is 6.04 Å². The molecule has 27 heavy (non-hydrogen) atoms. The van der Waals surface area contributed by atoms with E-state index in [1.807, 2.05) is 36.4 Å². The average Bonchev–Trinajstić information content (AvgIpc) is 2.71. The largest absolute Gasteiger partial charge is 0.493 e. The topological polar surface area (TPSA) is 85.9 Å². The van der Waals surface area contributed by atoms with E-state index in [9.17, 15) is 9.59 Å². The second-order valence-corrected chi connectivity index (χ2v) is 5.78. The molecule has 0 spiro atoms. The van der Waals surface area contributed by atoms with E-state index in [-0.39, 0.29) is 6.54 Å². The van der Waals surface area contributed by atoms with E-state index >= 15 is 0 Å². The van der Waals surface area contributed by atoms with Crippen molar-refractivity contribution in [3.8, 4) is 11.5 Å². The zero-order chi connectivity index (χ0) is 19.6. The number of esters is 1. The SMILES string of the molecule is COC(=O)[C@H](Cc1ccccc1)NC(=O)NCc1ccc(OC)c(OC)c1. The number of nitrogens with one attached hydrogen (secondary N) is 2. The molecule has 0 unspecified atom stereocenters. The van der Waals surface area contributed by atoms with Gasteiger partial charge in [-0.15, -0.1) is 0 Å². The van der Waals surface area contributed by atoms with Gasteiger partial charge in [-0.3, -0.25) is 0 Å². The van der Waals surface area contributed by atoms with Gasteiger partial charge in [0.15, 0.2) is 11.5 Å². The summed E-state index contributed by atoms with van der Waals surface area (Å²) in [6.45, 7) is 0.269. The minimum Gasteiger partial charge on any atom is -0.493 e. The molecular weight excluding hydrogens is 348 g/mol. The van der Waals surface area contributed by atoms with Crippen LogP contribution in [0.25, 0.3) is 0 Å². The zero-order valence-corrected chi connectivity index (χ0v) is 15.7. The van der Waals surface area contributed by atoms with Crippen LogP contribution in [0, 0.1) is 0 Å². The predicted molar refractivity (Wildman–Crippen MR) is 101 cm³/mol. The van der Waals surface area contributed by atoms with Gasteiger partial charge in [-0.25, -0.2) is 9.59 Å². The smallest absolute Gasteiger partial charge is 0.328 e. The Labute approximate surface area is 158 Å². The number of hydrogen-bond acceptors (Lipinski definition) is 5. The molecule has 0 aliphatic carbocycles. The molecule has 2 rings (SSSR count). The maximum atomic E-state index is 12.2. The lowest BCUT2D eigenvalue weighted by Crippen LogP contribution is -2.47. The third kappa shape index (κ3) is 5.91. The molecule has 1 atom stereocenters. The molecular formula is C20H24N2O5. The van der Waals surface area contributed by atoms with E-state index in [0.29, 0.717) is 17.9 Å². The lowest BCUT2D eigenvalue weighted by Gasteiger charge is -2.17. The van der Waals surface area contributed by atoms with Gasteiger partial charge in [0, 0.05) is 13.0 Å². The molecule has 0 aliphatic heterocycles. The predicted octanol–water partition coefficient (Wildman–Crippen LogP) is 2.29. The van der Waals surface area contributed by atoms with Gasteiger partial charge in [0.05, 0.1) is 21.3 Å². The van der Waals surface area contributed by atoms with Crippen LogP contribution in [0.15, 0.2) is 48.5 Å². The number of carbonyl (C=O) groups excluding carboxylic acids is 2. The fourth-order valence-corrected chi connectivity index (χ4v) is 2.57. The molecule has 0 bridgehead atoms. The third-order valence-corrected chi connectivity index (χ3v) is 3.97. The summed E-state index contributed by atoms with van der Waals surface area (Å²) in [6.07, 6.45) is 0.345. The maximum Gasteiger partial charge on any atom is 0.328 e. The molecule has 2 amide bonds. The van der Waals surface area contributed by atoms with Crippen LogP contribution >= 0.6 is 0 Å². The van der Waals surface area contributed by atoms with Gasteiger partial charge >= 0.3 is 12.0 Å². The Bertz CT molecular complexity index is 764. The van der Waals surface area contributed by atoms with Gasteiger partial charge in [-0.2, -0.15) is 0 Å². The molecule has 0 aromatic heterocycles. The van der Waals surface area contributed by atoms with Crippen molar-refractivity contribution >= 4 is 12.0 Å². The standard InChI is InChI=1S/C20H24N2O5/c1-25-17-10-9-15(12-18(17)26-2)13-21-20(24)22-16(19(23)27-3)11-14-7-5-4-6-8-14/h4-10,12,16H,11,13H2,1-3H3,(H2,21,22,24)/t16-/m0/s1. The van der Waals surface area contributed by atoms with Gasteiger partial charge in [-0.05, 0) is 23.3 Å². The summed E-state index contributed by atoms with van der Waals surface area (Å²) in [7, 11) is 4.40. The lowest BCUT2D eigenvalue weighted by atomic mass is 10.1. The van der Waals surface area contributed by atoms with Gasteiger partial charge in [-0.1, -0.05) is 36.4 Å². The normalized spacial score (nSPS) is 11.2. The Morgan fingerprint density at radius 3 is 2.26 bits per heavy atom. The zero-order valence-electron chi connectivity index (χ0n) is 15.7. The summed E-state index contributed by atoms with van der Waals surface area (Å²) in [6, 6.07) is 13.5. The first kappa shape index (κ1) is 20.1. The molecule has 0 radical (unpaired) electrons. The highest BCUT2D eigenvalue weighted by Crippen LogP contribution is 2.27. The number of ether oxygens (including phenoxy) is 3. The highest BCUT2D eigenvalue weighted by Gasteiger charge is 2.21. The van der Waals surface area contributed by atoms with Crippen molar-refractivity contribution in [3.05, 3.63) is 59.7 Å². The molecule has 0 fully saturated rings. The molecule has 0 saturated carbocycles. The number of amides is 2. The van der Waals surface area contributed by atoms with Crippen molar-refractivity contribution in [1.82, 2.24) is 10.6 Å². The first-order valence-electron chi connectivity index (χ1n) is 8.44. The molecule has 7 nitrogen and oxygen atoms in total. The summed E-state index contributed by atoms with van der Waals surface area (Å²) in [5, 5.41) is 5.39. The Hall–Kier alpha value is -3.22. The van der Waals surface area contributed by atoms with E-state index in [4.69, 9.17) is 14.2 Å². The fraction of sp³-hybridized carbons (Fsp3) is 0.300. The molecule has 2 aromatic rings. The number of methoxy groups -OCH3 is 3. The Morgan fingerprint density at radius 1 is 0.926 bits per heavy atom. The summed E-state index contributed by atoms with van der Waals surface area (Å²) >= 11 is 0. The summed E-state index contributed by atoms with van der Waals surface area (Å²) in [5.74, 6) is 0.688. The minimum absolute atomic E-state index is 0.269. The molecule has 144 valence electrons. The van der Waals surface area contributed by atoms with Crippen LogP contribution in [0.1, 0.15) is 11.1 Å². The van der Waals surface area contributed by atoms with Crippen molar-refractivity contribution in [1.29, 1.82) is 0 Å². The Balaban J connectivity index is 1.96. The maximum absolute atomic E-state index is 12.2. The van der Waals surface area contributed by atoms with Crippen molar-refractivity contribution in [2.45, 2.75) is 19.0 Å². The molecule has 7 heteroatoms. The average molecular weight is 372 g/mol. The fourth-order valence-electron chi connectivity index (χ4n) is 2.57. The first-order valence-corrected chi connectivity index (χ1v) is 8.44.